The maximum absolute atomic E-state index is 12.3. The summed E-state index contributed by atoms with van der Waals surface area (Å²) in [4.78, 5) is 0.231. The predicted molar refractivity (Wildman–Crippen MR) is 104 cm³/mol. The van der Waals surface area contributed by atoms with Gasteiger partial charge in [-0.25, -0.2) is 18.2 Å². The summed E-state index contributed by atoms with van der Waals surface area (Å²) in [5, 5.41) is 2.91. The number of sulfonamides is 1. The molecule has 2 aromatic rings. The minimum absolute atomic E-state index is 0.200. The third-order valence-corrected chi connectivity index (χ3v) is 6.58. The number of hydrogen-bond acceptors (Lipinski definition) is 4. The molecule has 0 aromatic heterocycles. The van der Waals surface area contributed by atoms with Crippen LogP contribution in [0, 0.1) is 6.92 Å². The first kappa shape index (κ1) is 20.8. The van der Waals surface area contributed by atoms with Crippen molar-refractivity contribution < 1.29 is 17.5 Å². The lowest BCUT2D eigenvalue weighted by atomic mass is 10.2. The van der Waals surface area contributed by atoms with Crippen LogP contribution in [0.15, 0.2) is 59.5 Å². The summed E-state index contributed by atoms with van der Waals surface area (Å²) in [6.45, 7) is 4.29. The van der Waals surface area contributed by atoms with E-state index in [4.69, 9.17) is 4.52 Å². The SMILES string of the molecule is Cc1ccc(S(=O)(=O)NCCCOP(C)(=O)NCc2ccccc2)cc1. The van der Waals surface area contributed by atoms with Crippen LogP contribution in [0.4, 0.5) is 0 Å². The van der Waals surface area contributed by atoms with Crippen molar-refractivity contribution in [2.45, 2.75) is 24.8 Å². The smallest absolute Gasteiger partial charge is 0.267 e. The van der Waals surface area contributed by atoms with E-state index in [-0.39, 0.29) is 18.0 Å². The molecule has 2 aromatic carbocycles. The van der Waals surface area contributed by atoms with Gasteiger partial charge in [-0.1, -0.05) is 48.0 Å². The Labute approximate surface area is 155 Å². The summed E-state index contributed by atoms with van der Waals surface area (Å²) in [5.74, 6) is 0. The minimum atomic E-state index is -3.53. The zero-order valence-corrected chi connectivity index (χ0v) is 16.7. The van der Waals surface area contributed by atoms with Crippen LogP contribution in [0.2, 0.25) is 0 Å². The van der Waals surface area contributed by atoms with Gasteiger partial charge < -0.3 is 4.52 Å². The van der Waals surface area contributed by atoms with Crippen LogP contribution in [0.25, 0.3) is 0 Å². The summed E-state index contributed by atoms with van der Waals surface area (Å²) >= 11 is 0. The van der Waals surface area contributed by atoms with Crippen LogP contribution in [-0.2, 0) is 25.7 Å². The minimum Gasteiger partial charge on any atom is -0.318 e. The molecule has 0 radical (unpaired) electrons. The molecule has 6 nitrogen and oxygen atoms in total. The van der Waals surface area contributed by atoms with E-state index in [2.05, 4.69) is 9.81 Å². The summed E-state index contributed by atoms with van der Waals surface area (Å²) in [7, 11) is -6.46. The van der Waals surface area contributed by atoms with Gasteiger partial charge in [0.1, 0.15) is 0 Å². The zero-order chi connectivity index (χ0) is 19.0. The largest absolute Gasteiger partial charge is 0.318 e. The van der Waals surface area contributed by atoms with Crippen molar-refractivity contribution in [2.75, 3.05) is 19.8 Å². The second-order valence-corrected chi connectivity index (χ2v) is 10.1. The molecule has 8 heteroatoms. The van der Waals surface area contributed by atoms with Crippen molar-refractivity contribution in [1.82, 2.24) is 9.81 Å². The van der Waals surface area contributed by atoms with Crippen molar-refractivity contribution in [2.24, 2.45) is 0 Å². The average molecular weight is 396 g/mol. The second-order valence-electron chi connectivity index (χ2n) is 6.06. The van der Waals surface area contributed by atoms with E-state index >= 15 is 0 Å². The highest BCUT2D eigenvalue weighted by Gasteiger charge is 2.16. The summed E-state index contributed by atoms with van der Waals surface area (Å²) < 4.78 is 44.5. The number of benzene rings is 2. The Morgan fingerprint density at radius 2 is 1.69 bits per heavy atom. The number of aryl methyl sites for hydroxylation is 1. The summed E-state index contributed by atoms with van der Waals surface area (Å²) in [6.07, 6.45) is 0.427. The Morgan fingerprint density at radius 1 is 1.04 bits per heavy atom. The lowest BCUT2D eigenvalue weighted by Gasteiger charge is -2.15. The van der Waals surface area contributed by atoms with Crippen LogP contribution >= 0.6 is 7.52 Å². The van der Waals surface area contributed by atoms with Crippen LogP contribution in [0.5, 0.6) is 0 Å². The fourth-order valence-corrected chi connectivity index (χ4v) is 4.31. The quantitative estimate of drug-likeness (QED) is 0.476. The highest BCUT2D eigenvalue weighted by atomic mass is 32.2. The van der Waals surface area contributed by atoms with E-state index in [0.717, 1.165) is 11.1 Å². The Balaban J connectivity index is 1.70. The molecule has 0 aliphatic rings. The maximum atomic E-state index is 12.3. The second kappa shape index (κ2) is 9.44. The Morgan fingerprint density at radius 3 is 2.35 bits per heavy atom. The van der Waals surface area contributed by atoms with Gasteiger partial charge in [-0.05, 0) is 31.0 Å². The van der Waals surface area contributed by atoms with Gasteiger partial charge in [0, 0.05) is 19.8 Å². The molecule has 1 atom stereocenters. The van der Waals surface area contributed by atoms with Crippen LogP contribution < -0.4 is 9.81 Å². The van der Waals surface area contributed by atoms with Crippen LogP contribution in [0.3, 0.4) is 0 Å². The van der Waals surface area contributed by atoms with Gasteiger partial charge in [-0.3, -0.25) is 4.57 Å². The Bertz CT molecular complexity index is 839. The fraction of sp³-hybridized carbons (Fsp3) is 0.333. The average Bonchev–Trinajstić information content (AvgIpc) is 2.61. The number of hydrogen-bond donors (Lipinski definition) is 2. The molecule has 0 spiro atoms. The summed E-state index contributed by atoms with van der Waals surface area (Å²) in [5.41, 5.74) is 2.02. The van der Waals surface area contributed by atoms with E-state index < -0.39 is 17.5 Å². The molecule has 0 fully saturated rings. The van der Waals surface area contributed by atoms with E-state index in [1.807, 2.05) is 37.3 Å². The molecule has 0 amide bonds. The molecule has 1 unspecified atom stereocenters. The van der Waals surface area contributed by atoms with Crippen molar-refractivity contribution in [3.05, 3.63) is 65.7 Å². The molecule has 26 heavy (non-hydrogen) atoms. The first-order chi connectivity index (χ1) is 12.3. The molecule has 0 bridgehead atoms. The standard InChI is InChI=1S/C18H25N2O4PS/c1-16-9-11-18(12-10-16)26(22,23)20-13-6-14-24-25(2,21)19-15-17-7-4-3-5-8-17/h3-5,7-12,20H,6,13-15H2,1-2H3,(H,19,21). The third kappa shape index (κ3) is 7.02. The van der Waals surface area contributed by atoms with Gasteiger partial charge in [0.2, 0.25) is 10.0 Å². The zero-order valence-electron chi connectivity index (χ0n) is 15.0. The van der Waals surface area contributed by atoms with Crippen molar-refractivity contribution in [3.63, 3.8) is 0 Å². The molecule has 0 aliphatic carbocycles. The lowest BCUT2D eigenvalue weighted by molar-refractivity contribution is 0.304. The monoisotopic (exact) mass is 396 g/mol. The number of nitrogens with one attached hydrogen (secondary N) is 2. The molecule has 0 aliphatic heterocycles. The van der Waals surface area contributed by atoms with Crippen LogP contribution in [0.1, 0.15) is 17.5 Å². The molecule has 0 heterocycles. The maximum Gasteiger partial charge on any atom is 0.267 e. The first-order valence-electron chi connectivity index (χ1n) is 8.36. The van der Waals surface area contributed by atoms with Crippen molar-refractivity contribution in [1.29, 1.82) is 0 Å². The first-order valence-corrected chi connectivity index (χ1v) is 11.9. The van der Waals surface area contributed by atoms with Gasteiger partial charge in [0.25, 0.3) is 7.52 Å². The van der Waals surface area contributed by atoms with E-state index in [1.54, 1.807) is 24.3 Å². The summed E-state index contributed by atoms with van der Waals surface area (Å²) in [6, 6.07) is 16.3. The highest BCUT2D eigenvalue weighted by Crippen LogP contribution is 2.37. The van der Waals surface area contributed by atoms with E-state index in [0.29, 0.717) is 13.0 Å². The Kier molecular flexibility index (Phi) is 7.55. The van der Waals surface area contributed by atoms with Crippen LogP contribution in [-0.4, -0.2) is 28.2 Å². The molecule has 2 rings (SSSR count). The Hall–Kier alpha value is -1.50. The highest BCUT2D eigenvalue weighted by molar-refractivity contribution is 7.89. The third-order valence-electron chi connectivity index (χ3n) is 3.70. The number of rotatable bonds is 10. The van der Waals surface area contributed by atoms with E-state index in [9.17, 15) is 13.0 Å². The van der Waals surface area contributed by atoms with Gasteiger partial charge >= 0.3 is 0 Å². The van der Waals surface area contributed by atoms with Gasteiger partial charge in [0.05, 0.1) is 11.5 Å². The molecular weight excluding hydrogens is 371 g/mol. The molecule has 142 valence electrons. The topological polar surface area (TPSA) is 84.5 Å². The molecule has 2 N–H and O–H groups in total. The molecule has 0 saturated carbocycles. The predicted octanol–water partition coefficient (Wildman–Crippen LogP) is 3.29. The molecular formula is C18H25N2O4PS. The molecule has 0 saturated heterocycles. The van der Waals surface area contributed by atoms with Gasteiger partial charge in [-0.15, -0.1) is 0 Å². The van der Waals surface area contributed by atoms with Gasteiger partial charge in [0.15, 0.2) is 0 Å². The van der Waals surface area contributed by atoms with E-state index in [1.165, 1.54) is 6.66 Å². The van der Waals surface area contributed by atoms with Crippen molar-refractivity contribution in [3.8, 4) is 0 Å². The lowest BCUT2D eigenvalue weighted by Crippen LogP contribution is -2.25. The van der Waals surface area contributed by atoms with Gasteiger partial charge in [-0.2, -0.15) is 0 Å². The fourth-order valence-electron chi connectivity index (χ4n) is 2.19. The van der Waals surface area contributed by atoms with Crippen molar-refractivity contribution >= 4 is 17.5 Å². The normalized spacial score (nSPS) is 14.1.